The highest BCUT2D eigenvalue weighted by molar-refractivity contribution is 6.32. The Hall–Kier alpha value is -1.66. The van der Waals surface area contributed by atoms with Gasteiger partial charge >= 0.3 is 5.97 Å². The molecule has 1 atom stereocenters. The van der Waals surface area contributed by atoms with Crippen LogP contribution in [0.25, 0.3) is 0 Å². The number of pyridine rings is 1. The summed E-state index contributed by atoms with van der Waals surface area (Å²) in [7, 11) is 0. The van der Waals surface area contributed by atoms with Crippen molar-refractivity contribution in [3.8, 4) is 0 Å². The smallest absolute Gasteiger partial charge is 0.327 e. The van der Waals surface area contributed by atoms with Crippen LogP contribution in [0.3, 0.4) is 0 Å². The van der Waals surface area contributed by atoms with Gasteiger partial charge < -0.3 is 15.3 Å². The predicted octanol–water partition coefficient (Wildman–Crippen LogP) is 0.234. The number of carboxylic acids is 1. The van der Waals surface area contributed by atoms with Crippen molar-refractivity contribution in [2.75, 3.05) is 19.6 Å². The molecule has 18 heavy (non-hydrogen) atoms. The third-order valence-electron chi connectivity index (χ3n) is 2.78. The number of rotatable bonds is 2. The number of carboxylic acid groups (broad SMARTS) is 1. The summed E-state index contributed by atoms with van der Waals surface area (Å²) in [6, 6.07) is 2.26. The summed E-state index contributed by atoms with van der Waals surface area (Å²) in [6.07, 6.45) is 1.48. The van der Waals surface area contributed by atoms with Crippen LogP contribution in [0.5, 0.6) is 0 Å². The van der Waals surface area contributed by atoms with Crippen molar-refractivity contribution >= 4 is 23.5 Å². The molecule has 1 fully saturated rings. The topological polar surface area (TPSA) is 82.5 Å². The fourth-order valence-corrected chi connectivity index (χ4v) is 2.07. The lowest BCUT2D eigenvalue weighted by Crippen LogP contribution is -2.57. The highest BCUT2D eigenvalue weighted by atomic mass is 35.5. The highest BCUT2D eigenvalue weighted by Gasteiger charge is 2.33. The van der Waals surface area contributed by atoms with Crippen molar-refractivity contribution in [3.63, 3.8) is 0 Å². The monoisotopic (exact) mass is 269 g/mol. The van der Waals surface area contributed by atoms with Gasteiger partial charge in [-0.05, 0) is 12.1 Å². The molecule has 1 saturated heterocycles. The van der Waals surface area contributed by atoms with E-state index in [2.05, 4.69) is 10.3 Å². The number of piperazine rings is 1. The molecule has 1 amide bonds. The number of halogens is 1. The average molecular weight is 270 g/mol. The Kier molecular flexibility index (Phi) is 3.78. The Morgan fingerprint density at radius 3 is 3.00 bits per heavy atom. The zero-order chi connectivity index (χ0) is 13.1. The van der Waals surface area contributed by atoms with Crippen molar-refractivity contribution in [1.29, 1.82) is 0 Å². The number of hydrogen-bond acceptors (Lipinski definition) is 4. The van der Waals surface area contributed by atoms with Crippen LogP contribution in [0.2, 0.25) is 5.15 Å². The van der Waals surface area contributed by atoms with E-state index in [9.17, 15) is 9.59 Å². The van der Waals surface area contributed by atoms with Crippen LogP contribution in [0.4, 0.5) is 0 Å². The molecule has 1 aliphatic rings. The third kappa shape index (κ3) is 2.44. The maximum absolute atomic E-state index is 12.2. The molecule has 0 unspecified atom stereocenters. The van der Waals surface area contributed by atoms with Gasteiger partial charge in [0.25, 0.3) is 5.91 Å². The van der Waals surface area contributed by atoms with Crippen molar-refractivity contribution in [1.82, 2.24) is 15.2 Å². The van der Waals surface area contributed by atoms with Gasteiger partial charge in [0.2, 0.25) is 0 Å². The molecule has 0 aliphatic carbocycles. The molecular weight excluding hydrogens is 258 g/mol. The standard InChI is InChI=1S/C11H12ClN3O3/c12-9-7(2-1-3-14-9)10(16)15-5-4-13-6-8(15)11(17)18/h1-3,8,13H,4-6H2,(H,17,18)/t8-/m0/s1. The molecule has 6 nitrogen and oxygen atoms in total. The number of aromatic nitrogens is 1. The molecule has 0 aromatic carbocycles. The summed E-state index contributed by atoms with van der Waals surface area (Å²) in [4.78, 5) is 28.5. The van der Waals surface area contributed by atoms with Crippen molar-refractivity contribution in [3.05, 3.63) is 29.0 Å². The van der Waals surface area contributed by atoms with Gasteiger partial charge in [-0.3, -0.25) is 4.79 Å². The van der Waals surface area contributed by atoms with Crippen molar-refractivity contribution in [2.45, 2.75) is 6.04 Å². The maximum atomic E-state index is 12.2. The molecule has 1 aromatic rings. The molecule has 2 rings (SSSR count). The van der Waals surface area contributed by atoms with E-state index < -0.39 is 17.9 Å². The quantitative estimate of drug-likeness (QED) is 0.751. The summed E-state index contributed by atoms with van der Waals surface area (Å²) < 4.78 is 0. The van der Waals surface area contributed by atoms with E-state index in [1.807, 2.05) is 0 Å². The first kappa shape index (κ1) is 12.8. The highest BCUT2D eigenvalue weighted by Crippen LogP contribution is 2.16. The minimum atomic E-state index is -1.03. The molecule has 1 aliphatic heterocycles. The van der Waals surface area contributed by atoms with Crippen LogP contribution in [-0.2, 0) is 4.79 Å². The van der Waals surface area contributed by atoms with Gasteiger partial charge in [0.1, 0.15) is 11.2 Å². The van der Waals surface area contributed by atoms with Crippen molar-refractivity contribution < 1.29 is 14.7 Å². The van der Waals surface area contributed by atoms with Gasteiger partial charge in [-0.1, -0.05) is 11.6 Å². The SMILES string of the molecule is O=C(O)[C@@H]1CNCCN1C(=O)c1cccnc1Cl. The zero-order valence-corrected chi connectivity index (χ0v) is 10.2. The molecule has 0 radical (unpaired) electrons. The first-order valence-corrected chi connectivity index (χ1v) is 5.84. The van der Waals surface area contributed by atoms with Crippen molar-refractivity contribution in [2.24, 2.45) is 0 Å². The molecule has 0 spiro atoms. The molecule has 0 saturated carbocycles. The number of hydrogen-bond donors (Lipinski definition) is 2. The Labute approximate surface area is 109 Å². The Bertz CT molecular complexity index is 480. The fourth-order valence-electron chi connectivity index (χ4n) is 1.87. The molecule has 2 heterocycles. The maximum Gasteiger partial charge on any atom is 0.327 e. The Morgan fingerprint density at radius 2 is 2.33 bits per heavy atom. The summed E-state index contributed by atoms with van der Waals surface area (Å²) >= 11 is 5.84. The molecule has 96 valence electrons. The minimum Gasteiger partial charge on any atom is -0.480 e. The van der Waals surface area contributed by atoms with E-state index in [0.717, 1.165) is 0 Å². The van der Waals surface area contributed by atoms with Crippen LogP contribution in [0.1, 0.15) is 10.4 Å². The summed E-state index contributed by atoms with van der Waals surface area (Å²) in [5.74, 6) is -1.43. The zero-order valence-electron chi connectivity index (χ0n) is 9.47. The second-order valence-electron chi connectivity index (χ2n) is 3.90. The third-order valence-corrected chi connectivity index (χ3v) is 3.08. The van der Waals surface area contributed by atoms with Crippen LogP contribution < -0.4 is 5.32 Å². The molecular formula is C11H12ClN3O3. The minimum absolute atomic E-state index is 0.0881. The van der Waals surface area contributed by atoms with Crippen LogP contribution >= 0.6 is 11.6 Å². The van der Waals surface area contributed by atoms with E-state index in [0.29, 0.717) is 13.1 Å². The Morgan fingerprint density at radius 1 is 1.56 bits per heavy atom. The average Bonchev–Trinajstić information content (AvgIpc) is 2.38. The number of aliphatic carboxylic acids is 1. The molecule has 0 bridgehead atoms. The summed E-state index contributed by atoms with van der Waals surface area (Å²) in [5.41, 5.74) is 0.229. The number of nitrogens with one attached hydrogen (secondary N) is 1. The van der Waals surface area contributed by atoms with Crippen LogP contribution in [0, 0.1) is 0 Å². The lowest BCUT2D eigenvalue weighted by Gasteiger charge is -2.33. The number of nitrogens with zero attached hydrogens (tertiary/aromatic N) is 2. The number of amides is 1. The number of carbonyl (C=O) groups is 2. The van der Waals surface area contributed by atoms with Crippen LogP contribution in [-0.4, -0.2) is 52.5 Å². The number of carbonyl (C=O) groups excluding carboxylic acids is 1. The molecule has 7 heteroatoms. The van der Waals surface area contributed by atoms with Gasteiger partial charge in [0, 0.05) is 25.8 Å². The largest absolute Gasteiger partial charge is 0.480 e. The summed E-state index contributed by atoms with van der Waals surface area (Å²) in [6.45, 7) is 1.13. The summed E-state index contributed by atoms with van der Waals surface area (Å²) in [5, 5.41) is 12.1. The van der Waals surface area contributed by atoms with Crippen LogP contribution in [0.15, 0.2) is 18.3 Å². The van der Waals surface area contributed by atoms with Gasteiger partial charge in [-0.15, -0.1) is 0 Å². The van der Waals surface area contributed by atoms with E-state index >= 15 is 0 Å². The lowest BCUT2D eigenvalue weighted by atomic mass is 10.1. The van der Waals surface area contributed by atoms with E-state index in [1.54, 1.807) is 12.1 Å². The molecule has 2 N–H and O–H groups in total. The predicted molar refractivity (Wildman–Crippen MR) is 64.6 cm³/mol. The first-order chi connectivity index (χ1) is 8.61. The van der Waals surface area contributed by atoms with E-state index in [4.69, 9.17) is 16.7 Å². The molecule has 1 aromatic heterocycles. The normalized spacial score (nSPS) is 19.6. The van der Waals surface area contributed by atoms with Gasteiger partial charge in [0.15, 0.2) is 0 Å². The second kappa shape index (κ2) is 5.32. The van der Waals surface area contributed by atoms with Gasteiger partial charge in [0.05, 0.1) is 5.56 Å². The fraction of sp³-hybridized carbons (Fsp3) is 0.364. The first-order valence-electron chi connectivity index (χ1n) is 5.46. The Balaban J connectivity index is 2.27. The lowest BCUT2D eigenvalue weighted by molar-refractivity contribution is -0.142. The van der Waals surface area contributed by atoms with Gasteiger partial charge in [-0.25, -0.2) is 9.78 Å². The van der Waals surface area contributed by atoms with E-state index in [-0.39, 0.29) is 17.3 Å². The second-order valence-corrected chi connectivity index (χ2v) is 4.26. The van der Waals surface area contributed by atoms with Gasteiger partial charge in [-0.2, -0.15) is 0 Å². The van der Waals surface area contributed by atoms with E-state index in [1.165, 1.54) is 11.1 Å².